The van der Waals surface area contributed by atoms with Crippen LogP contribution in [-0.4, -0.2) is 54.9 Å². The Bertz CT molecular complexity index is 502. The summed E-state index contributed by atoms with van der Waals surface area (Å²) in [5.74, 6) is 0. The van der Waals surface area contributed by atoms with Crippen LogP contribution in [0.15, 0.2) is 12.3 Å². The predicted octanol–water partition coefficient (Wildman–Crippen LogP) is -0.325. The topological polar surface area (TPSA) is 101 Å². The van der Waals surface area contributed by atoms with Crippen LogP contribution in [0.25, 0.3) is 5.57 Å². The van der Waals surface area contributed by atoms with Crippen molar-refractivity contribution in [2.24, 2.45) is 0 Å². The zero-order valence-electron chi connectivity index (χ0n) is 11.1. The molecule has 4 atom stereocenters. The van der Waals surface area contributed by atoms with Gasteiger partial charge in [0.05, 0.1) is 12.7 Å². The third kappa shape index (κ3) is 2.62. The summed E-state index contributed by atoms with van der Waals surface area (Å²) in [4.78, 5) is 0. The molecule has 0 spiro atoms. The second kappa shape index (κ2) is 5.61. The van der Waals surface area contributed by atoms with E-state index in [1.807, 2.05) is 6.20 Å². The zero-order chi connectivity index (χ0) is 14.1. The Morgan fingerprint density at radius 2 is 2.10 bits per heavy atom. The van der Waals surface area contributed by atoms with Gasteiger partial charge < -0.3 is 20.1 Å². The fourth-order valence-corrected chi connectivity index (χ4v) is 2.67. The van der Waals surface area contributed by atoms with Gasteiger partial charge in [0.2, 0.25) is 0 Å². The number of aliphatic hydroxyl groups is 3. The Labute approximate surface area is 116 Å². The fourth-order valence-electron chi connectivity index (χ4n) is 2.67. The summed E-state index contributed by atoms with van der Waals surface area (Å²) >= 11 is 0. The maximum atomic E-state index is 9.74. The molecule has 0 amide bonds. The fraction of sp³-hybridized carbons (Fsp3) is 0.692. The van der Waals surface area contributed by atoms with Crippen molar-refractivity contribution in [1.82, 2.24) is 15.0 Å². The Morgan fingerprint density at radius 1 is 1.25 bits per heavy atom. The average molecular weight is 281 g/mol. The number of aromatic nitrogens is 3. The first-order chi connectivity index (χ1) is 9.65. The van der Waals surface area contributed by atoms with Crippen LogP contribution < -0.4 is 0 Å². The van der Waals surface area contributed by atoms with Crippen molar-refractivity contribution < 1.29 is 20.1 Å². The molecule has 3 rings (SSSR count). The smallest absolute Gasteiger partial charge is 0.184 e. The molecule has 2 heterocycles. The molecular formula is C13H19N3O4. The minimum atomic E-state index is -1.35. The lowest BCUT2D eigenvalue weighted by Gasteiger charge is -2.13. The first kappa shape index (κ1) is 13.7. The van der Waals surface area contributed by atoms with E-state index in [4.69, 9.17) is 4.74 Å². The van der Waals surface area contributed by atoms with Crippen molar-refractivity contribution in [2.75, 3.05) is 0 Å². The molecule has 1 aromatic heterocycles. The Balaban J connectivity index is 1.67. The molecule has 0 aromatic carbocycles. The summed E-state index contributed by atoms with van der Waals surface area (Å²) < 4.78 is 6.67. The molecule has 1 fully saturated rings. The summed E-state index contributed by atoms with van der Waals surface area (Å²) in [7, 11) is 0. The molecule has 0 bridgehead atoms. The summed E-state index contributed by atoms with van der Waals surface area (Å²) in [5, 5.41) is 36.7. The normalized spacial score (nSPS) is 34.2. The van der Waals surface area contributed by atoms with Crippen molar-refractivity contribution in [3.05, 3.63) is 18.0 Å². The molecular weight excluding hydrogens is 262 g/mol. The van der Waals surface area contributed by atoms with Crippen LogP contribution in [-0.2, 0) is 11.3 Å². The third-order valence-corrected chi connectivity index (χ3v) is 3.86. The van der Waals surface area contributed by atoms with Crippen molar-refractivity contribution in [1.29, 1.82) is 0 Å². The molecule has 20 heavy (non-hydrogen) atoms. The molecule has 0 radical (unpaired) electrons. The van der Waals surface area contributed by atoms with Crippen molar-refractivity contribution in [3.8, 4) is 0 Å². The lowest BCUT2D eigenvalue weighted by Crippen LogP contribution is -2.34. The van der Waals surface area contributed by atoms with Gasteiger partial charge in [-0.05, 0) is 31.3 Å². The van der Waals surface area contributed by atoms with Crippen LogP contribution in [0.4, 0.5) is 0 Å². The van der Waals surface area contributed by atoms with Gasteiger partial charge in [-0.2, -0.15) is 0 Å². The van der Waals surface area contributed by atoms with Gasteiger partial charge in [0, 0.05) is 0 Å². The molecule has 2 aliphatic rings. The van der Waals surface area contributed by atoms with Gasteiger partial charge in [-0.25, -0.2) is 4.68 Å². The van der Waals surface area contributed by atoms with E-state index in [1.54, 1.807) is 4.68 Å². The van der Waals surface area contributed by atoms with Gasteiger partial charge in [-0.15, -0.1) is 5.10 Å². The quantitative estimate of drug-likeness (QED) is 0.701. The van der Waals surface area contributed by atoms with Gasteiger partial charge in [-0.1, -0.05) is 11.3 Å². The monoisotopic (exact) mass is 281 g/mol. The maximum absolute atomic E-state index is 9.74. The van der Waals surface area contributed by atoms with Crippen LogP contribution in [0.5, 0.6) is 0 Å². The minimum absolute atomic E-state index is 0.246. The first-order valence-corrected chi connectivity index (χ1v) is 6.94. The maximum Gasteiger partial charge on any atom is 0.184 e. The summed E-state index contributed by atoms with van der Waals surface area (Å²) in [6, 6.07) is 0. The second-order valence-corrected chi connectivity index (χ2v) is 5.35. The van der Waals surface area contributed by atoms with E-state index in [1.165, 1.54) is 18.4 Å². The Kier molecular flexibility index (Phi) is 3.84. The molecule has 1 aromatic rings. The Morgan fingerprint density at radius 3 is 2.75 bits per heavy atom. The minimum Gasteiger partial charge on any atom is -0.387 e. The van der Waals surface area contributed by atoms with Gasteiger partial charge in [0.15, 0.2) is 6.29 Å². The molecule has 110 valence electrons. The SMILES string of the molecule is OC1O[C@H](Cn2cc(C3=CCCCC3)nn2)[C@@H](O)[C@H]1O. The van der Waals surface area contributed by atoms with E-state index in [9.17, 15) is 15.3 Å². The van der Waals surface area contributed by atoms with E-state index < -0.39 is 24.6 Å². The van der Waals surface area contributed by atoms with Crippen LogP contribution in [0.3, 0.4) is 0 Å². The van der Waals surface area contributed by atoms with Gasteiger partial charge in [0.1, 0.15) is 24.0 Å². The zero-order valence-corrected chi connectivity index (χ0v) is 11.1. The van der Waals surface area contributed by atoms with Crippen LogP contribution in [0.2, 0.25) is 0 Å². The van der Waals surface area contributed by atoms with E-state index in [-0.39, 0.29) is 6.54 Å². The highest BCUT2D eigenvalue weighted by Gasteiger charge is 2.41. The summed E-state index contributed by atoms with van der Waals surface area (Å²) in [5.41, 5.74) is 2.05. The molecule has 7 heteroatoms. The Hall–Kier alpha value is -1.28. The van der Waals surface area contributed by atoms with Gasteiger partial charge in [-0.3, -0.25) is 0 Å². The second-order valence-electron chi connectivity index (χ2n) is 5.35. The number of aliphatic hydroxyl groups excluding tert-OH is 3. The third-order valence-electron chi connectivity index (χ3n) is 3.86. The number of hydrogen-bond donors (Lipinski definition) is 3. The highest BCUT2D eigenvalue weighted by Crippen LogP contribution is 2.25. The average Bonchev–Trinajstić information content (AvgIpc) is 3.02. The van der Waals surface area contributed by atoms with E-state index in [2.05, 4.69) is 16.4 Å². The largest absolute Gasteiger partial charge is 0.387 e. The van der Waals surface area contributed by atoms with Crippen molar-refractivity contribution in [2.45, 2.75) is 56.8 Å². The van der Waals surface area contributed by atoms with Crippen LogP contribution in [0.1, 0.15) is 31.4 Å². The molecule has 7 nitrogen and oxygen atoms in total. The van der Waals surface area contributed by atoms with E-state index in [0.717, 1.165) is 18.5 Å². The predicted molar refractivity (Wildman–Crippen MR) is 69.4 cm³/mol. The number of ether oxygens (including phenoxy) is 1. The first-order valence-electron chi connectivity index (χ1n) is 6.94. The van der Waals surface area contributed by atoms with Crippen molar-refractivity contribution >= 4 is 5.57 Å². The molecule has 1 saturated heterocycles. The lowest BCUT2D eigenvalue weighted by atomic mass is 9.98. The van der Waals surface area contributed by atoms with E-state index >= 15 is 0 Å². The molecule has 0 saturated carbocycles. The highest BCUT2D eigenvalue weighted by molar-refractivity contribution is 5.62. The van der Waals surface area contributed by atoms with Crippen LogP contribution >= 0.6 is 0 Å². The molecule has 1 aliphatic carbocycles. The van der Waals surface area contributed by atoms with E-state index in [0.29, 0.717) is 0 Å². The number of rotatable bonds is 3. The number of allylic oxidation sites excluding steroid dienone is 2. The van der Waals surface area contributed by atoms with Gasteiger partial charge in [0.25, 0.3) is 0 Å². The highest BCUT2D eigenvalue weighted by atomic mass is 16.6. The standard InChI is InChI=1S/C13H19N3O4/c17-11-10(20-13(19)12(11)18)7-16-6-9(14-15-16)8-4-2-1-3-5-8/h4,6,10-13,17-19H,1-3,5,7H2/t10-,11-,12-,13?/m1/s1. The van der Waals surface area contributed by atoms with Crippen molar-refractivity contribution in [3.63, 3.8) is 0 Å². The number of hydrogen-bond acceptors (Lipinski definition) is 6. The molecule has 1 unspecified atom stereocenters. The number of nitrogens with zero attached hydrogens (tertiary/aromatic N) is 3. The van der Waals surface area contributed by atoms with Gasteiger partial charge >= 0.3 is 0 Å². The van der Waals surface area contributed by atoms with Crippen LogP contribution in [0, 0.1) is 0 Å². The molecule has 1 aliphatic heterocycles. The lowest BCUT2D eigenvalue weighted by molar-refractivity contribution is -0.129. The molecule has 3 N–H and O–H groups in total. The summed E-state index contributed by atoms with van der Waals surface area (Å²) in [6.07, 6.45) is 4.04. The summed E-state index contributed by atoms with van der Waals surface area (Å²) in [6.45, 7) is 0.246.